The molecule has 0 saturated heterocycles. The molecule has 1 heterocycles. The lowest BCUT2D eigenvalue weighted by Crippen LogP contribution is -2.04. The van der Waals surface area contributed by atoms with Crippen LogP contribution in [0.15, 0.2) is 24.3 Å². The Bertz CT molecular complexity index is 584. The van der Waals surface area contributed by atoms with Gasteiger partial charge in [0.05, 0.1) is 12.2 Å². The maximum absolute atomic E-state index is 13.3. The second kappa shape index (κ2) is 6.97. The van der Waals surface area contributed by atoms with Crippen molar-refractivity contribution in [3.8, 4) is 11.1 Å². The molecule has 20 heavy (non-hydrogen) atoms. The van der Waals surface area contributed by atoms with E-state index < -0.39 is 0 Å². The highest BCUT2D eigenvalue weighted by molar-refractivity contribution is 6.37. The van der Waals surface area contributed by atoms with Crippen LogP contribution in [0.4, 0.5) is 4.39 Å². The van der Waals surface area contributed by atoms with Gasteiger partial charge < -0.3 is 4.74 Å². The minimum absolute atomic E-state index is 0.210. The van der Waals surface area contributed by atoms with E-state index in [1.165, 1.54) is 12.1 Å². The fraction of sp³-hybridized carbons (Fsp3) is 0.286. The van der Waals surface area contributed by atoms with Gasteiger partial charge in [-0.05, 0) is 24.6 Å². The first-order chi connectivity index (χ1) is 9.61. The quantitative estimate of drug-likeness (QED) is 0.613. The Hall–Kier alpha value is -1.23. The average molecular weight is 315 g/mol. The number of benzene rings is 1. The van der Waals surface area contributed by atoms with Crippen LogP contribution in [0.25, 0.3) is 11.1 Å². The van der Waals surface area contributed by atoms with Crippen molar-refractivity contribution < 1.29 is 9.13 Å². The molecule has 0 atom stereocenters. The summed E-state index contributed by atoms with van der Waals surface area (Å²) in [6.45, 7) is 3.04. The number of rotatable bonds is 5. The molecule has 3 nitrogen and oxygen atoms in total. The molecule has 2 aromatic rings. The summed E-state index contributed by atoms with van der Waals surface area (Å²) in [5, 5.41) is 0.421. The van der Waals surface area contributed by atoms with Gasteiger partial charge in [-0.15, -0.1) is 0 Å². The van der Waals surface area contributed by atoms with Crippen LogP contribution in [0.5, 0.6) is 0 Å². The van der Waals surface area contributed by atoms with Crippen molar-refractivity contribution in [2.45, 2.75) is 13.3 Å². The highest BCUT2D eigenvalue weighted by Gasteiger charge is 2.14. The van der Waals surface area contributed by atoms with Crippen molar-refractivity contribution in [3.05, 3.63) is 46.2 Å². The van der Waals surface area contributed by atoms with Crippen LogP contribution in [0.2, 0.25) is 10.3 Å². The van der Waals surface area contributed by atoms with E-state index in [0.29, 0.717) is 36.6 Å². The van der Waals surface area contributed by atoms with Crippen molar-refractivity contribution in [2.75, 3.05) is 13.2 Å². The van der Waals surface area contributed by atoms with E-state index in [4.69, 9.17) is 27.9 Å². The minimum atomic E-state index is -0.366. The zero-order valence-corrected chi connectivity index (χ0v) is 12.4. The lowest BCUT2D eigenvalue weighted by Gasteiger charge is -2.08. The Balaban J connectivity index is 2.31. The molecule has 0 amide bonds. The number of halogens is 3. The summed E-state index contributed by atoms with van der Waals surface area (Å²) in [6, 6.07) is 5.98. The number of hydrogen-bond donors (Lipinski definition) is 0. The van der Waals surface area contributed by atoms with E-state index in [2.05, 4.69) is 9.97 Å². The fourth-order valence-corrected chi connectivity index (χ4v) is 2.39. The average Bonchev–Trinajstić information content (AvgIpc) is 2.38. The molecule has 6 heteroatoms. The monoisotopic (exact) mass is 314 g/mol. The van der Waals surface area contributed by atoms with Crippen LogP contribution in [0, 0.1) is 5.82 Å². The summed E-state index contributed by atoms with van der Waals surface area (Å²) in [4.78, 5) is 8.36. The first kappa shape index (κ1) is 15.2. The van der Waals surface area contributed by atoms with Crippen LogP contribution >= 0.6 is 23.2 Å². The van der Waals surface area contributed by atoms with Crippen LogP contribution < -0.4 is 0 Å². The molecule has 0 aliphatic heterocycles. The molecule has 0 bridgehead atoms. The van der Waals surface area contributed by atoms with Crippen molar-refractivity contribution >= 4 is 23.2 Å². The van der Waals surface area contributed by atoms with Crippen LogP contribution in [0.3, 0.4) is 0 Å². The molecule has 2 rings (SSSR count). The summed E-state index contributed by atoms with van der Waals surface area (Å²) in [5.74, 6) is 0.142. The van der Waals surface area contributed by atoms with Crippen molar-refractivity contribution in [3.63, 3.8) is 0 Å². The van der Waals surface area contributed by atoms with Gasteiger partial charge in [-0.25, -0.2) is 14.4 Å². The predicted molar refractivity (Wildman–Crippen MR) is 77.6 cm³/mol. The van der Waals surface area contributed by atoms with E-state index >= 15 is 0 Å². The van der Waals surface area contributed by atoms with E-state index in [-0.39, 0.29) is 16.1 Å². The second-order valence-electron chi connectivity index (χ2n) is 4.05. The van der Waals surface area contributed by atoms with Crippen molar-refractivity contribution in [1.82, 2.24) is 9.97 Å². The van der Waals surface area contributed by atoms with Crippen LogP contribution in [-0.2, 0) is 11.2 Å². The summed E-state index contributed by atoms with van der Waals surface area (Å²) >= 11 is 12.3. The maximum Gasteiger partial charge on any atom is 0.142 e. The zero-order chi connectivity index (χ0) is 14.5. The molecule has 0 N–H and O–H groups in total. The van der Waals surface area contributed by atoms with Gasteiger partial charge in [-0.3, -0.25) is 0 Å². The van der Waals surface area contributed by atoms with Crippen molar-refractivity contribution in [1.29, 1.82) is 0 Å². The van der Waals surface area contributed by atoms with E-state index in [0.717, 1.165) is 0 Å². The number of ether oxygens (including phenoxy) is 1. The second-order valence-corrected chi connectivity index (χ2v) is 4.77. The molecular formula is C14H13Cl2FN2O. The predicted octanol–water partition coefficient (Wildman–Crippen LogP) is 4.17. The van der Waals surface area contributed by atoms with Gasteiger partial charge in [0.2, 0.25) is 0 Å². The fourth-order valence-electron chi connectivity index (χ4n) is 1.75. The number of aromatic nitrogens is 2. The largest absolute Gasteiger partial charge is 0.381 e. The van der Waals surface area contributed by atoms with Gasteiger partial charge in [0.1, 0.15) is 21.9 Å². The molecule has 0 saturated carbocycles. The molecule has 1 aromatic carbocycles. The molecule has 0 aliphatic rings. The molecule has 0 fully saturated rings. The Morgan fingerprint density at radius 3 is 2.50 bits per heavy atom. The molecule has 0 spiro atoms. The first-order valence-electron chi connectivity index (χ1n) is 6.17. The van der Waals surface area contributed by atoms with E-state index in [1.54, 1.807) is 12.1 Å². The normalized spacial score (nSPS) is 10.8. The summed E-state index contributed by atoms with van der Waals surface area (Å²) in [6.07, 6.45) is 0.525. The SMILES string of the molecule is CCOCCc1nc(Cl)c(-c2cccc(F)c2)c(Cl)n1. The highest BCUT2D eigenvalue weighted by Crippen LogP contribution is 2.32. The molecular weight excluding hydrogens is 302 g/mol. The first-order valence-corrected chi connectivity index (χ1v) is 6.93. The standard InChI is InChI=1S/C14H13Cl2FN2O/c1-2-20-7-6-11-18-13(15)12(14(16)19-11)9-4-3-5-10(17)8-9/h3-5,8H,2,6-7H2,1H3. The van der Waals surface area contributed by atoms with E-state index in [9.17, 15) is 4.39 Å². The zero-order valence-electron chi connectivity index (χ0n) is 10.9. The smallest absolute Gasteiger partial charge is 0.142 e. The van der Waals surface area contributed by atoms with Crippen LogP contribution in [0.1, 0.15) is 12.7 Å². The van der Waals surface area contributed by atoms with Gasteiger partial charge in [0.25, 0.3) is 0 Å². The number of nitrogens with zero attached hydrogens (tertiary/aromatic N) is 2. The summed E-state index contributed by atoms with van der Waals surface area (Å²) < 4.78 is 18.5. The Morgan fingerprint density at radius 1 is 1.20 bits per heavy atom. The molecule has 1 aromatic heterocycles. The van der Waals surface area contributed by atoms with Crippen molar-refractivity contribution in [2.24, 2.45) is 0 Å². The van der Waals surface area contributed by atoms with Gasteiger partial charge in [0, 0.05) is 13.0 Å². The topological polar surface area (TPSA) is 35.0 Å². The molecule has 0 unspecified atom stereocenters. The van der Waals surface area contributed by atoms with Gasteiger partial charge >= 0.3 is 0 Å². The third-order valence-electron chi connectivity index (χ3n) is 2.65. The summed E-state index contributed by atoms with van der Waals surface area (Å²) in [7, 11) is 0. The minimum Gasteiger partial charge on any atom is -0.381 e. The Kier molecular flexibility index (Phi) is 5.29. The lowest BCUT2D eigenvalue weighted by molar-refractivity contribution is 0.149. The van der Waals surface area contributed by atoms with Gasteiger partial charge in [-0.2, -0.15) is 0 Å². The van der Waals surface area contributed by atoms with E-state index in [1.807, 2.05) is 6.92 Å². The third kappa shape index (κ3) is 3.66. The molecule has 106 valence electrons. The van der Waals surface area contributed by atoms with Gasteiger partial charge in [0.15, 0.2) is 0 Å². The summed E-state index contributed by atoms with van der Waals surface area (Å²) in [5.41, 5.74) is 0.990. The Labute approximate surface area is 126 Å². The molecule has 0 radical (unpaired) electrons. The molecule has 0 aliphatic carbocycles. The third-order valence-corrected chi connectivity index (χ3v) is 3.20. The number of hydrogen-bond acceptors (Lipinski definition) is 3. The van der Waals surface area contributed by atoms with Crippen LogP contribution in [-0.4, -0.2) is 23.2 Å². The lowest BCUT2D eigenvalue weighted by atomic mass is 10.1. The maximum atomic E-state index is 13.3. The Morgan fingerprint density at radius 2 is 1.90 bits per heavy atom. The van der Waals surface area contributed by atoms with Gasteiger partial charge in [-0.1, -0.05) is 35.3 Å². The highest BCUT2D eigenvalue weighted by atomic mass is 35.5.